The molecule has 3 heterocycles. The zero-order valence-corrected chi connectivity index (χ0v) is 17.0. The van der Waals surface area contributed by atoms with E-state index in [4.69, 9.17) is 4.74 Å². The normalized spacial score (nSPS) is 37.7. The van der Waals surface area contributed by atoms with Gasteiger partial charge in [-0.1, -0.05) is 13.3 Å². The molecule has 3 atom stereocenters. The van der Waals surface area contributed by atoms with E-state index in [1.54, 1.807) is 9.80 Å². The van der Waals surface area contributed by atoms with Crippen LogP contribution in [0.3, 0.4) is 0 Å². The van der Waals surface area contributed by atoms with Crippen molar-refractivity contribution >= 4 is 12.2 Å². The smallest absolute Gasteiger partial charge is 0.410 e. The lowest BCUT2D eigenvalue weighted by Gasteiger charge is -2.59. The summed E-state index contributed by atoms with van der Waals surface area (Å²) in [6.07, 6.45) is 3.96. The van der Waals surface area contributed by atoms with E-state index in [1.165, 1.54) is 0 Å². The van der Waals surface area contributed by atoms with E-state index >= 15 is 0 Å². The predicted octanol–water partition coefficient (Wildman–Crippen LogP) is 2.85. The SMILES string of the molecule is CCC1C(N2CCC3(CC2)OC(=O)N(C)C3(C)C)CC12CCN(C(=O)O)C2. The van der Waals surface area contributed by atoms with Gasteiger partial charge in [-0.3, -0.25) is 4.90 Å². The average molecular weight is 380 g/mol. The van der Waals surface area contributed by atoms with Gasteiger partial charge in [-0.15, -0.1) is 0 Å². The Morgan fingerprint density at radius 2 is 1.89 bits per heavy atom. The number of piperidine rings is 1. The maximum Gasteiger partial charge on any atom is 0.410 e. The molecule has 152 valence electrons. The number of amides is 2. The fourth-order valence-electron chi connectivity index (χ4n) is 6.40. The standard InChI is InChI=1S/C20H33N3O4/c1-5-14-15(12-19(14)6-9-23(13-19)16(24)25)22-10-7-20(8-11-22)18(2,3)21(4)17(26)27-20/h14-15H,5-13H2,1-4H3,(H,24,25). The summed E-state index contributed by atoms with van der Waals surface area (Å²) in [4.78, 5) is 29.4. The number of hydrogen-bond acceptors (Lipinski definition) is 4. The minimum Gasteiger partial charge on any atom is -0.465 e. The van der Waals surface area contributed by atoms with E-state index in [2.05, 4.69) is 25.7 Å². The third kappa shape index (κ3) is 2.50. The van der Waals surface area contributed by atoms with Crippen molar-refractivity contribution in [2.24, 2.45) is 11.3 Å². The molecule has 0 radical (unpaired) electrons. The van der Waals surface area contributed by atoms with Crippen molar-refractivity contribution in [3.63, 3.8) is 0 Å². The Labute approximate surface area is 161 Å². The van der Waals surface area contributed by atoms with Gasteiger partial charge in [-0.05, 0) is 38.0 Å². The van der Waals surface area contributed by atoms with Crippen molar-refractivity contribution in [3.05, 3.63) is 0 Å². The Morgan fingerprint density at radius 1 is 1.22 bits per heavy atom. The maximum absolute atomic E-state index is 12.1. The quantitative estimate of drug-likeness (QED) is 0.799. The molecule has 0 aromatic rings. The number of likely N-dealkylation sites (tertiary alicyclic amines) is 2. The molecule has 7 heteroatoms. The lowest BCUT2D eigenvalue weighted by molar-refractivity contribution is -0.112. The molecular formula is C20H33N3O4. The van der Waals surface area contributed by atoms with Crippen LogP contribution in [0.2, 0.25) is 0 Å². The molecule has 1 aliphatic carbocycles. The minimum atomic E-state index is -0.778. The number of rotatable bonds is 2. The molecule has 4 aliphatic rings. The third-order valence-corrected chi connectivity index (χ3v) is 8.55. The van der Waals surface area contributed by atoms with E-state index in [1.807, 2.05) is 7.05 Å². The fourth-order valence-corrected chi connectivity index (χ4v) is 6.40. The molecule has 4 fully saturated rings. The molecule has 0 aromatic carbocycles. The highest BCUT2D eigenvalue weighted by molar-refractivity contribution is 5.72. The number of nitrogens with zero attached hydrogens (tertiary/aromatic N) is 3. The van der Waals surface area contributed by atoms with Crippen molar-refractivity contribution in [1.82, 2.24) is 14.7 Å². The van der Waals surface area contributed by atoms with Gasteiger partial charge in [0, 0.05) is 52.1 Å². The van der Waals surface area contributed by atoms with Crippen molar-refractivity contribution in [1.29, 1.82) is 0 Å². The zero-order valence-electron chi connectivity index (χ0n) is 17.0. The molecular weight excluding hydrogens is 346 g/mol. The number of likely N-dealkylation sites (N-methyl/N-ethyl adjacent to an activating group) is 1. The van der Waals surface area contributed by atoms with Gasteiger partial charge in [-0.2, -0.15) is 0 Å². The van der Waals surface area contributed by atoms with Crippen LogP contribution in [0.25, 0.3) is 0 Å². The summed E-state index contributed by atoms with van der Waals surface area (Å²) in [7, 11) is 1.83. The van der Waals surface area contributed by atoms with Gasteiger partial charge in [-0.25, -0.2) is 9.59 Å². The molecule has 0 bridgehead atoms. The number of carbonyl (C=O) groups excluding carboxylic acids is 1. The Kier molecular flexibility index (Phi) is 4.19. The Hall–Kier alpha value is -1.50. The molecule has 3 unspecified atom stereocenters. The first-order chi connectivity index (χ1) is 12.7. The van der Waals surface area contributed by atoms with E-state index in [0.29, 0.717) is 25.0 Å². The topological polar surface area (TPSA) is 73.3 Å². The Morgan fingerprint density at radius 3 is 2.37 bits per heavy atom. The second-order valence-electron chi connectivity index (χ2n) is 9.62. The van der Waals surface area contributed by atoms with Gasteiger partial charge < -0.3 is 19.6 Å². The summed E-state index contributed by atoms with van der Waals surface area (Å²) >= 11 is 0. The van der Waals surface area contributed by atoms with Gasteiger partial charge in [0.15, 0.2) is 0 Å². The lowest BCUT2D eigenvalue weighted by atomic mass is 9.54. The molecule has 0 aromatic heterocycles. The number of carboxylic acid groups (broad SMARTS) is 1. The van der Waals surface area contributed by atoms with Crippen molar-refractivity contribution in [2.45, 2.75) is 70.1 Å². The first-order valence-electron chi connectivity index (χ1n) is 10.3. The van der Waals surface area contributed by atoms with Crippen LogP contribution in [0.5, 0.6) is 0 Å². The molecule has 3 saturated heterocycles. The second-order valence-corrected chi connectivity index (χ2v) is 9.62. The molecule has 2 amide bonds. The molecule has 3 aliphatic heterocycles. The van der Waals surface area contributed by atoms with Crippen molar-refractivity contribution in [3.8, 4) is 0 Å². The molecule has 2 spiro atoms. The highest BCUT2D eigenvalue weighted by Crippen LogP contribution is 2.57. The highest BCUT2D eigenvalue weighted by atomic mass is 16.6. The van der Waals surface area contributed by atoms with Gasteiger partial charge in [0.1, 0.15) is 5.60 Å². The van der Waals surface area contributed by atoms with Crippen LogP contribution in [0, 0.1) is 11.3 Å². The summed E-state index contributed by atoms with van der Waals surface area (Å²) in [6, 6.07) is 0.541. The first-order valence-corrected chi connectivity index (χ1v) is 10.3. The number of ether oxygens (including phenoxy) is 1. The number of carbonyl (C=O) groups is 2. The second kappa shape index (κ2) is 6.00. The molecule has 4 rings (SSSR count). The van der Waals surface area contributed by atoms with E-state index in [-0.39, 0.29) is 22.6 Å². The Bertz CT molecular complexity index is 643. The van der Waals surface area contributed by atoms with E-state index in [9.17, 15) is 14.7 Å². The largest absolute Gasteiger partial charge is 0.465 e. The average Bonchev–Trinajstić information content (AvgIpc) is 3.13. The van der Waals surface area contributed by atoms with Crippen LogP contribution in [-0.2, 0) is 4.74 Å². The molecule has 7 nitrogen and oxygen atoms in total. The maximum atomic E-state index is 12.1. The van der Waals surface area contributed by atoms with Crippen LogP contribution in [0.1, 0.15) is 52.9 Å². The van der Waals surface area contributed by atoms with Crippen LogP contribution >= 0.6 is 0 Å². The molecule has 27 heavy (non-hydrogen) atoms. The van der Waals surface area contributed by atoms with Crippen LogP contribution in [0.15, 0.2) is 0 Å². The summed E-state index contributed by atoms with van der Waals surface area (Å²) in [5, 5.41) is 9.32. The first kappa shape index (κ1) is 18.8. The van der Waals surface area contributed by atoms with E-state index < -0.39 is 6.09 Å². The van der Waals surface area contributed by atoms with Crippen LogP contribution in [0.4, 0.5) is 9.59 Å². The summed E-state index contributed by atoms with van der Waals surface area (Å²) in [5.41, 5.74) is -0.479. The predicted molar refractivity (Wildman–Crippen MR) is 101 cm³/mol. The van der Waals surface area contributed by atoms with Gasteiger partial charge >= 0.3 is 12.2 Å². The van der Waals surface area contributed by atoms with E-state index in [0.717, 1.165) is 45.2 Å². The summed E-state index contributed by atoms with van der Waals surface area (Å²) in [6.45, 7) is 9.74. The fraction of sp³-hybridized carbons (Fsp3) is 0.900. The van der Waals surface area contributed by atoms with Gasteiger partial charge in [0.25, 0.3) is 0 Å². The van der Waals surface area contributed by atoms with Gasteiger partial charge in [0.2, 0.25) is 0 Å². The van der Waals surface area contributed by atoms with Crippen LogP contribution in [-0.4, -0.2) is 82.4 Å². The van der Waals surface area contributed by atoms with Gasteiger partial charge in [0.05, 0.1) is 5.54 Å². The number of hydrogen-bond donors (Lipinski definition) is 1. The Balaban J connectivity index is 1.41. The van der Waals surface area contributed by atoms with Crippen molar-refractivity contribution < 1.29 is 19.4 Å². The minimum absolute atomic E-state index is 0.187. The third-order valence-electron chi connectivity index (χ3n) is 8.55. The molecule has 1 N–H and O–H groups in total. The lowest BCUT2D eigenvalue weighted by Crippen LogP contribution is -2.64. The summed E-state index contributed by atoms with van der Waals surface area (Å²) < 4.78 is 5.87. The molecule has 1 saturated carbocycles. The monoisotopic (exact) mass is 379 g/mol. The van der Waals surface area contributed by atoms with Crippen molar-refractivity contribution in [2.75, 3.05) is 33.2 Å². The highest BCUT2D eigenvalue weighted by Gasteiger charge is 2.62. The zero-order chi connectivity index (χ0) is 19.6. The van der Waals surface area contributed by atoms with Crippen LogP contribution < -0.4 is 0 Å². The summed E-state index contributed by atoms with van der Waals surface area (Å²) in [5.74, 6) is 0.567.